The molecule has 1 fully saturated rings. The molecule has 0 spiro atoms. The molecule has 0 radical (unpaired) electrons. The molecule has 0 bridgehead atoms. The molecular weight excluding hydrogens is 264 g/mol. The lowest BCUT2D eigenvalue weighted by molar-refractivity contribution is 0.0957. The van der Waals surface area contributed by atoms with E-state index in [1.165, 1.54) is 37.7 Å². The van der Waals surface area contributed by atoms with Crippen molar-refractivity contribution in [3.8, 4) is 5.75 Å². The minimum atomic E-state index is -0.0251. The van der Waals surface area contributed by atoms with E-state index in [1.807, 2.05) is 19.2 Å². The van der Waals surface area contributed by atoms with Crippen LogP contribution in [0.15, 0.2) is 18.2 Å². The lowest BCUT2D eigenvalue weighted by atomic mass is 9.81. The van der Waals surface area contributed by atoms with Gasteiger partial charge in [0.05, 0.1) is 12.1 Å². The summed E-state index contributed by atoms with van der Waals surface area (Å²) in [5, 5.41) is 6.33. The quantitative estimate of drug-likeness (QED) is 0.899. The Morgan fingerprint density at radius 2 is 2.10 bits per heavy atom. The van der Waals surface area contributed by atoms with Gasteiger partial charge in [-0.05, 0) is 43.5 Å². The Kier molecular flexibility index (Phi) is 4.44. The molecule has 1 atom stereocenters. The Balaban J connectivity index is 1.88. The molecule has 1 saturated carbocycles. The van der Waals surface area contributed by atoms with Gasteiger partial charge in [-0.15, -0.1) is 0 Å². The molecule has 1 aromatic rings. The summed E-state index contributed by atoms with van der Waals surface area (Å²) < 4.78 is 5.63. The Bertz CT molecular complexity index is 510. The van der Waals surface area contributed by atoms with Gasteiger partial charge in [-0.25, -0.2) is 0 Å². The van der Waals surface area contributed by atoms with Gasteiger partial charge in [0.25, 0.3) is 5.91 Å². The smallest absolute Gasteiger partial charge is 0.255 e. The third kappa shape index (κ3) is 3.05. The third-order valence-corrected chi connectivity index (χ3v) is 4.68. The molecule has 1 aliphatic heterocycles. The van der Waals surface area contributed by atoms with Gasteiger partial charge in [0.2, 0.25) is 0 Å². The average molecular weight is 288 g/mol. The van der Waals surface area contributed by atoms with Crippen molar-refractivity contribution in [2.45, 2.75) is 38.1 Å². The van der Waals surface area contributed by atoms with Crippen molar-refractivity contribution in [1.82, 2.24) is 10.6 Å². The number of benzene rings is 1. The number of rotatable bonds is 3. The van der Waals surface area contributed by atoms with Crippen LogP contribution in [-0.2, 0) is 0 Å². The van der Waals surface area contributed by atoms with Crippen LogP contribution in [-0.4, -0.2) is 26.1 Å². The van der Waals surface area contributed by atoms with Gasteiger partial charge in [-0.3, -0.25) is 4.79 Å². The van der Waals surface area contributed by atoms with E-state index in [-0.39, 0.29) is 5.91 Å². The molecule has 4 nitrogen and oxygen atoms in total. The fraction of sp³-hybridized carbons (Fsp3) is 0.588. The molecule has 4 heteroatoms. The van der Waals surface area contributed by atoms with Gasteiger partial charge < -0.3 is 15.4 Å². The Morgan fingerprint density at radius 3 is 2.86 bits per heavy atom. The number of carbonyl (C=O) groups is 1. The lowest BCUT2D eigenvalue weighted by Gasteiger charge is -2.30. The predicted octanol–water partition coefficient (Wildman–Crippen LogP) is 2.65. The van der Waals surface area contributed by atoms with Crippen LogP contribution >= 0.6 is 0 Å². The zero-order chi connectivity index (χ0) is 14.7. The largest absolute Gasteiger partial charge is 0.491 e. The summed E-state index contributed by atoms with van der Waals surface area (Å²) in [7, 11) is 2.02. The van der Waals surface area contributed by atoms with Crippen molar-refractivity contribution in [2.24, 2.45) is 5.92 Å². The molecule has 1 unspecified atom stereocenters. The molecular formula is C17H24N2O2. The summed E-state index contributed by atoms with van der Waals surface area (Å²) in [6, 6.07) is 6.38. The molecule has 0 aromatic heterocycles. The van der Waals surface area contributed by atoms with Crippen molar-refractivity contribution in [2.75, 3.05) is 20.2 Å². The van der Waals surface area contributed by atoms with Crippen molar-refractivity contribution in [1.29, 1.82) is 0 Å². The second-order valence-corrected chi connectivity index (χ2v) is 6.02. The van der Waals surface area contributed by atoms with E-state index in [1.54, 1.807) is 0 Å². The van der Waals surface area contributed by atoms with E-state index < -0.39 is 0 Å². The summed E-state index contributed by atoms with van der Waals surface area (Å²) in [6.45, 7) is 1.11. The number of amides is 1. The zero-order valence-corrected chi connectivity index (χ0v) is 12.7. The van der Waals surface area contributed by atoms with Gasteiger partial charge in [0.15, 0.2) is 0 Å². The molecule has 0 saturated heterocycles. The topological polar surface area (TPSA) is 50.4 Å². The van der Waals surface area contributed by atoms with Crippen LogP contribution in [0.5, 0.6) is 5.75 Å². The second-order valence-electron chi connectivity index (χ2n) is 6.02. The molecule has 2 N–H and O–H groups in total. The van der Waals surface area contributed by atoms with Crippen molar-refractivity contribution >= 4 is 5.91 Å². The maximum Gasteiger partial charge on any atom is 0.255 e. The molecule has 1 amide bonds. The minimum absolute atomic E-state index is 0.0251. The number of hydrogen-bond donors (Lipinski definition) is 2. The third-order valence-electron chi connectivity index (χ3n) is 4.68. The van der Waals surface area contributed by atoms with Crippen molar-refractivity contribution < 1.29 is 9.53 Å². The van der Waals surface area contributed by atoms with Gasteiger partial charge in [0.1, 0.15) is 12.4 Å². The van der Waals surface area contributed by atoms with Crippen LogP contribution in [0.4, 0.5) is 0 Å². The number of nitrogens with one attached hydrogen (secondary N) is 2. The molecule has 1 heterocycles. The van der Waals surface area contributed by atoms with Crippen molar-refractivity contribution in [3.63, 3.8) is 0 Å². The van der Waals surface area contributed by atoms with E-state index in [0.29, 0.717) is 36.4 Å². The van der Waals surface area contributed by atoms with Gasteiger partial charge >= 0.3 is 0 Å². The maximum atomic E-state index is 12.1. The number of carbonyl (C=O) groups excluding carboxylic acids is 1. The van der Waals surface area contributed by atoms with Crippen LogP contribution in [0.2, 0.25) is 0 Å². The van der Waals surface area contributed by atoms with Crippen LogP contribution < -0.4 is 15.4 Å². The summed E-state index contributed by atoms with van der Waals surface area (Å²) in [6.07, 6.45) is 6.53. The Morgan fingerprint density at radius 1 is 1.29 bits per heavy atom. The maximum absolute atomic E-state index is 12.1. The van der Waals surface area contributed by atoms with Gasteiger partial charge in [0, 0.05) is 6.04 Å². The first-order chi connectivity index (χ1) is 10.3. The molecule has 114 valence electrons. The second kappa shape index (κ2) is 6.48. The van der Waals surface area contributed by atoms with Crippen LogP contribution in [0.25, 0.3) is 0 Å². The highest BCUT2D eigenvalue weighted by molar-refractivity contribution is 5.97. The fourth-order valence-electron chi connectivity index (χ4n) is 3.61. The molecule has 1 aromatic carbocycles. The summed E-state index contributed by atoms with van der Waals surface area (Å²) in [4.78, 5) is 12.1. The van der Waals surface area contributed by atoms with Gasteiger partial charge in [-0.2, -0.15) is 0 Å². The van der Waals surface area contributed by atoms with E-state index in [0.717, 1.165) is 0 Å². The van der Waals surface area contributed by atoms with Gasteiger partial charge in [-0.1, -0.05) is 25.3 Å². The molecule has 3 rings (SSSR count). The lowest BCUT2D eigenvalue weighted by Crippen LogP contribution is -2.28. The molecule has 1 aliphatic carbocycles. The number of fused-ring (bicyclic) bond motifs is 1. The summed E-state index contributed by atoms with van der Waals surface area (Å²) in [5.74, 6) is 1.34. The first-order valence-electron chi connectivity index (χ1n) is 8.02. The highest BCUT2D eigenvalue weighted by Gasteiger charge is 2.25. The zero-order valence-electron chi connectivity index (χ0n) is 12.7. The van der Waals surface area contributed by atoms with Crippen LogP contribution in [0.1, 0.15) is 54.1 Å². The molecule has 21 heavy (non-hydrogen) atoms. The Hall–Kier alpha value is -1.55. The summed E-state index contributed by atoms with van der Waals surface area (Å²) >= 11 is 0. The predicted molar refractivity (Wildman–Crippen MR) is 82.6 cm³/mol. The van der Waals surface area contributed by atoms with Crippen molar-refractivity contribution in [3.05, 3.63) is 29.3 Å². The SMILES string of the molecule is CNC(c1ccc2c(c1)C(=O)NCCO2)C1CCCCC1. The van der Waals surface area contributed by atoms with Crippen LogP contribution in [0, 0.1) is 5.92 Å². The first-order valence-corrected chi connectivity index (χ1v) is 8.02. The van der Waals surface area contributed by atoms with E-state index in [9.17, 15) is 4.79 Å². The van der Waals surface area contributed by atoms with E-state index in [4.69, 9.17) is 4.74 Å². The average Bonchev–Trinajstić information content (AvgIpc) is 2.71. The normalized spacial score (nSPS) is 20.9. The Labute approximate surface area is 126 Å². The fourth-order valence-corrected chi connectivity index (χ4v) is 3.61. The number of ether oxygens (including phenoxy) is 1. The highest BCUT2D eigenvalue weighted by atomic mass is 16.5. The molecule has 2 aliphatic rings. The number of hydrogen-bond acceptors (Lipinski definition) is 3. The first kappa shape index (κ1) is 14.4. The highest BCUT2D eigenvalue weighted by Crippen LogP contribution is 2.35. The van der Waals surface area contributed by atoms with E-state index in [2.05, 4.69) is 16.7 Å². The summed E-state index contributed by atoms with van der Waals surface area (Å²) in [5.41, 5.74) is 1.87. The monoisotopic (exact) mass is 288 g/mol. The minimum Gasteiger partial charge on any atom is -0.491 e. The standard InChI is InChI=1S/C17H24N2O2/c1-18-16(12-5-3-2-4-6-12)13-7-8-15-14(11-13)17(20)19-9-10-21-15/h7-8,11-12,16,18H,2-6,9-10H2,1H3,(H,19,20). The van der Waals surface area contributed by atoms with Crippen LogP contribution in [0.3, 0.4) is 0 Å². The van der Waals surface area contributed by atoms with E-state index >= 15 is 0 Å².